The van der Waals surface area contributed by atoms with Crippen LogP contribution in [0.5, 0.6) is 0 Å². The molecular formula is C23H35NO3S. The van der Waals surface area contributed by atoms with Gasteiger partial charge in [0, 0.05) is 5.75 Å². The number of thioether (sulfide) groups is 1. The van der Waals surface area contributed by atoms with Crippen molar-refractivity contribution in [2.24, 2.45) is 5.92 Å². The molecule has 1 aliphatic heterocycles. The van der Waals surface area contributed by atoms with Gasteiger partial charge in [0.2, 0.25) is 5.91 Å². The van der Waals surface area contributed by atoms with E-state index in [-0.39, 0.29) is 35.1 Å². The van der Waals surface area contributed by atoms with Gasteiger partial charge in [-0.15, -0.1) is 11.8 Å². The van der Waals surface area contributed by atoms with Gasteiger partial charge in [0.25, 0.3) is 0 Å². The summed E-state index contributed by atoms with van der Waals surface area (Å²) in [6.45, 7) is 14.5. The number of rotatable bonds is 7. The average Bonchev–Trinajstić information content (AvgIpc) is 2.85. The average molecular weight is 406 g/mol. The predicted molar refractivity (Wildman–Crippen MR) is 117 cm³/mol. The number of Topliss-reactive ketones (excluding diaryl/α,β-unsaturated/α-hetero) is 1. The number of benzene rings is 1. The molecule has 1 fully saturated rings. The monoisotopic (exact) mass is 405 g/mol. The number of nitrogens with one attached hydrogen (secondary N) is 1. The van der Waals surface area contributed by atoms with E-state index in [1.165, 1.54) is 11.1 Å². The summed E-state index contributed by atoms with van der Waals surface area (Å²) in [7, 11) is 0. The Morgan fingerprint density at radius 2 is 1.89 bits per heavy atom. The van der Waals surface area contributed by atoms with E-state index < -0.39 is 5.54 Å². The molecule has 1 aromatic rings. The third-order valence-corrected chi connectivity index (χ3v) is 6.80. The van der Waals surface area contributed by atoms with Crippen LogP contribution in [-0.4, -0.2) is 35.2 Å². The molecule has 28 heavy (non-hydrogen) atoms. The Morgan fingerprint density at radius 1 is 1.29 bits per heavy atom. The quantitative estimate of drug-likeness (QED) is 0.726. The molecule has 0 radical (unpaired) electrons. The molecule has 0 aliphatic carbocycles. The number of hydrogen-bond donors (Lipinski definition) is 1. The molecule has 0 spiro atoms. The van der Waals surface area contributed by atoms with Crippen LogP contribution in [0.4, 0.5) is 0 Å². The molecule has 1 amide bonds. The smallest absolute Gasteiger partial charge is 0.234 e. The van der Waals surface area contributed by atoms with E-state index >= 15 is 0 Å². The van der Waals surface area contributed by atoms with Gasteiger partial charge in [0.1, 0.15) is 12.1 Å². The molecule has 1 heterocycles. The predicted octanol–water partition coefficient (Wildman–Crippen LogP) is 4.49. The third-order valence-electron chi connectivity index (χ3n) is 5.49. The second kappa shape index (κ2) is 9.00. The fraction of sp³-hybridized carbons (Fsp3) is 0.652. The van der Waals surface area contributed by atoms with E-state index in [1.54, 1.807) is 18.7 Å². The van der Waals surface area contributed by atoms with E-state index in [1.807, 2.05) is 6.92 Å². The zero-order valence-electron chi connectivity index (χ0n) is 18.3. The van der Waals surface area contributed by atoms with Crippen LogP contribution in [0.25, 0.3) is 0 Å². The molecular weight excluding hydrogens is 370 g/mol. The number of carbonyl (C=O) groups is 2. The van der Waals surface area contributed by atoms with Crippen molar-refractivity contribution in [2.45, 2.75) is 82.9 Å². The minimum absolute atomic E-state index is 0.0561. The summed E-state index contributed by atoms with van der Waals surface area (Å²) in [5.74, 6) is 1.04. The van der Waals surface area contributed by atoms with Gasteiger partial charge in [0.05, 0.1) is 11.4 Å². The molecule has 5 heteroatoms. The van der Waals surface area contributed by atoms with Gasteiger partial charge in [-0.1, -0.05) is 58.9 Å². The highest BCUT2D eigenvalue weighted by Gasteiger charge is 2.46. The van der Waals surface area contributed by atoms with E-state index in [4.69, 9.17) is 4.74 Å². The number of ether oxygens (including phenoxy) is 1. The maximum Gasteiger partial charge on any atom is 0.234 e. The highest BCUT2D eigenvalue weighted by molar-refractivity contribution is 7.99. The number of ketones is 1. The van der Waals surface area contributed by atoms with Crippen molar-refractivity contribution >= 4 is 23.5 Å². The lowest BCUT2D eigenvalue weighted by molar-refractivity contribution is -0.129. The molecule has 4 nitrogen and oxygen atoms in total. The Morgan fingerprint density at radius 3 is 2.36 bits per heavy atom. The second-order valence-corrected chi connectivity index (χ2v) is 10.6. The van der Waals surface area contributed by atoms with E-state index in [9.17, 15) is 9.59 Å². The Bertz CT molecular complexity index is 693. The number of carbonyl (C=O) groups excluding carboxylic acids is 2. The van der Waals surface area contributed by atoms with Gasteiger partial charge < -0.3 is 10.1 Å². The van der Waals surface area contributed by atoms with Crippen LogP contribution < -0.4 is 5.32 Å². The Hall–Kier alpha value is -1.33. The fourth-order valence-electron chi connectivity index (χ4n) is 3.23. The molecule has 1 saturated heterocycles. The van der Waals surface area contributed by atoms with Crippen molar-refractivity contribution in [3.63, 3.8) is 0 Å². The van der Waals surface area contributed by atoms with Crippen molar-refractivity contribution in [3.8, 4) is 0 Å². The summed E-state index contributed by atoms with van der Waals surface area (Å²) in [5, 5.41) is 2.80. The molecule has 1 N–H and O–H groups in total. The summed E-state index contributed by atoms with van der Waals surface area (Å²) in [6, 6.07) is 8.64. The first kappa shape index (κ1) is 23.0. The summed E-state index contributed by atoms with van der Waals surface area (Å²) in [4.78, 5) is 25.2. The van der Waals surface area contributed by atoms with Crippen LogP contribution in [-0.2, 0) is 25.5 Å². The highest BCUT2D eigenvalue weighted by Crippen LogP contribution is 2.28. The standard InChI is InChI=1S/C23H35NO3S/c1-15(2)12-19(21(26)24-23(7)16(3)27-13-20(23)25)28-14-17-8-10-18(11-9-17)22(4,5)6/h8-11,15-16,19H,12-14H2,1-7H3,(H,24,26)/t16-,19-,23-/m1/s1. The van der Waals surface area contributed by atoms with Gasteiger partial charge >= 0.3 is 0 Å². The van der Waals surface area contributed by atoms with E-state index in [2.05, 4.69) is 64.2 Å². The first-order valence-electron chi connectivity index (χ1n) is 10.1. The van der Waals surface area contributed by atoms with Crippen LogP contribution in [0, 0.1) is 5.92 Å². The summed E-state index contributed by atoms with van der Waals surface area (Å²) < 4.78 is 5.44. The van der Waals surface area contributed by atoms with Gasteiger partial charge in [-0.3, -0.25) is 9.59 Å². The topological polar surface area (TPSA) is 55.4 Å². The van der Waals surface area contributed by atoms with E-state index in [0.29, 0.717) is 5.92 Å². The minimum atomic E-state index is -0.929. The summed E-state index contributed by atoms with van der Waals surface area (Å²) in [5.41, 5.74) is 1.72. The SMILES string of the molecule is CC(C)C[C@@H](SCc1ccc(C(C)(C)C)cc1)C(=O)N[C@@]1(C)C(=O)CO[C@@H]1C. The molecule has 1 aromatic carbocycles. The molecule has 2 rings (SSSR count). The Balaban J connectivity index is 2.05. The zero-order valence-corrected chi connectivity index (χ0v) is 19.1. The minimum Gasteiger partial charge on any atom is -0.368 e. The van der Waals surface area contributed by atoms with Crippen molar-refractivity contribution in [1.82, 2.24) is 5.32 Å². The second-order valence-electron chi connectivity index (χ2n) is 9.44. The molecule has 0 saturated carbocycles. The largest absolute Gasteiger partial charge is 0.368 e. The van der Waals surface area contributed by atoms with Crippen molar-refractivity contribution in [1.29, 1.82) is 0 Å². The number of hydrogen-bond acceptors (Lipinski definition) is 4. The van der Waals surface area contributed by atoms with Crippen LogP contribution in [0.2, 0.25) is 0 Å². The third kappa shape index (κ3) is 5.60. The van der Waals surface area contributed by atoms with Crippen molar-refractivity contribution in [2.75, 3.05) is 6.61 Å². The molecule has 0 unspecified atom stereocenters. The van der Waals surface area contributed by atoms with Crippen LogP contribution in [0.3, 0.4) is 0 Å². The first-order chi connectivity index (χ1) is 12.9. The normalized spacial score (nSPS) is 23.9. The van der Waals surface area contributed by atoms with Gasteiger partial charge in [0.15, 0.2) is 5.78 Å². The van der Waals surface area contributed by atoms with Crippen molar-refractivity contribution < 1.29 is 14.3 Å². The molecule has 0 bridgehead atoms. The van der Waals surface area contributed by atoms with Gasteiger partial charge in [-0.25, -0.2) is 0 Å². The van der Waals surface area contributed by atoms with Crippen LogP contribution in [0.1, 0.15) is 66.0 Å². The van der Waals surface area contributed by atoms with Crippen molar-refractivity contribution in [3.05, 3.63) is 35.4 Å². The lowest BCUT2D eigenvalue weighted by atomic mass is 9.87. The highest BCUT2D eigenvalue weighted by atomic mass is 32.2. The Kier molecular flexibility index (Phi) is 7.38. The summed E-state index contributed by atoms with van der Waals surface area (Å²) in [6.07, 6.45) is 0.467. The lowest BCUT2D eigenvalue weighted by Crippen LogP contribution is -2.57. The maximum atomic E-state index is 13.0. The molecule has 0 aromatic heterocycles. The zero-order chi connectivity index (χ0) is 21.1. The van der Waals surface area contributed by atoms with Gasteiger partial charge in [-0.05, 0) is 42.7 Å². The first-order valence-corrected chi connectivity index (χ1v) is 11.2. The fourth-order valence-corrected chi connectivity index (χ4v) is 4.55. The molecule has 156 valence electrons. The van der Waals surface area contributed by atoms with Crippen LogP contribution in [0.15, 0.2) is 24.3 Å². The molecule has 1 aliphatic rings. The molecule has 3 atom stereocenters. The lowest BCUT2D eigenvalue weighted by Gasteiger charge is -2.30. The van der Waals surface area contributed by atoms with E-state index in [0.717, 1.165) is 12.2 Å². The Labute approximate surface area is 174 Å². The maximum absolute atomic E-state index is 13.0. The van der Waals surface area contributed by atoms with Crippen LogP contribution >= 0.6 is 11.8 Å². The summed E-state index contributed by atoms with van der Waals surface area (Å²) >= 11 is 1.64. The van der Waals surface area contributed by atoms with Gasteiger partial charge in [-0.2, -0.15) is 0 Å². The number of amides is 1.